The molecule has 1 atom stereocenters. The maximum absolute atomic E-state index is 13.1. The Morgan fingerprint density at radius 3 is 2.59 bits per heavy atom. The molecular weight excluding hydrogens is 516 g/mol. The Bertz CT molecular complexity index is 1740. The second kappa shape index (κ2) is 10.5. The van der Waals surface area contributed by atoms with Gasteiger partial charge in [-0.1, -0.05) is 18.2 Å². The lowest BCUT2D eigenvalue weighted by atomic mass is 10.0. The molecule has 1 aliphatic carbocycles. The van der Waals surface area contributed by atoms with Gasteiger partial charge in [0.2, 0.25) is 0 Å². The number of hydrogen-bond donors (Lipinski definition) is 2. The molecular formula is C31H30N8O2. The number of nitrogens with zero attached hydrogens (tertiary/aromatic N) is 6. The smallest absolute Gasteiger partial charge is 0.264 e. The van der Waals surface area contributed by atoms with Gasteiger partial charge in [0.25, 0.3) is 11.8 Å². The Morgan fingerprint density at radius 1 is 1.10 bits per heavy atom. The number of amides is 2. The number of anilines is 2. The minimum absolute atomic E-state index is 0.0303. The lowest BCUT2D eigenvalue weighted by molar-refractivity contribution is -0.125. The van der Waals surface area contributed by atoms with Crippen LogP contribution < -0.4 is 11.1 Å². The number of rotatable bonds is 6. The van der Waals surface area contributed by atoms with Crippen LogP contribution in [-0.4, -0.2) is 49.3 Å². The van der Waals surface area contributed by atoms with E-state index >= 15 is 0 Å². The van der Waals surface area contributed by atoms with Crippen molar-refractivity contribution in [3.05, 3.63) is 77.4 Å². The first-order chi connectivity index (χ1) is 19.8. The lowest BCUT2D eigenvalue weighted by Gasteiger charge is -2.19. The average Bonchev–Trinajstić information content (AvgIpc) is 3.57. The van der Waals surface area contributed by atoms with Crippen molar-refractivity contribution in [2.24, 2.45) is 5.92 Å². The Labute approximate surface area is 237 Å². The average molecular weight is 547 g/mol. The van der Waals surface area contributed by atoms with Crippen molar-refractivity contribution < 1.29 is 9.59 Å². The molecule has 1 saturated carbocycles. The van der Waals surface area contributed by atoms with Gasteiger partial charge in [0.1, 0.15) is 35.3 Å². The highest BCUT2D eigenvalue weighted by Gasteiger charge is 2.33. The molecule has 1 aliphatic heterocycles. The summed E-state index contributed by atoms with van der Waals surface area (Å²) in [7, 11) is 0. The topological polar surface area (TPSA) is 143 Å². The van der Waals surface area contributed by atoms with Crippen molar-refractivity contribution in [1.29, 1.82) is 5.26 Å². The molecule has 1 aromatic carbocycles. The van der Waals surface area contributed by atoms with Crippen LogP contribution in [0.15, 0.2) is 60.6 Å². The van der Waals surface area contributed by atoms with Crippen molar-refractivity contribution in [3.63, 3.8) is 0 Å². The van der Waals surface area contributed by atoms with E-state index in [1.165, 1.54) is 6.33 Å². The number of nitrogens with two attached hydrogens (primary N) is 1. The van der Waals surface area contributed by atoms with Gasteiger partial charge in [-0.2, -0.15) is 5.26 Å². The largest absolute Gasteiger partial charge is 0.383 e. The van der Waals surface area contributed by atoms with Gasteiger partial charge in [-0.05, 0) is 74.4 Å². The number of nitrogen functional groups attached to an aromatic ring is 1. The summed E-state index contributed by atoms with van der Waals surface area (Å²) in [5.41, 5.74) is 11.5. The van der Waals surface area contributed by atoms with Crippen LogP contribution in [0.1, 0.15) is 46.9 Å². The minimum atomic E-state index is -0.250. The first kappa shape index (κ1) is 26.2. The zero-order chi connectivity index (χ0) is 28.7. The van der Waals surface area contributed by atoms with Crippen molar-refractivity contribution in [3.8, 4) is 17.2 Å². The third-order valence-electron chi connectivity index (χ3n) is 7.84. The number of hydrogen-bond acceptors (Lipinski definition) is 7. The first-order valence-corrected chi connectivity index (χ1v) is 13.7. The minimum Gasteiger partial charge on any atom is -0.383 e. The quantitative estimate of drug-likeness (QED) is 0.266. The molecule has 3 aromatic heterocycles. The third-order valence-corrected chi connectivity index (χ3v) is 7.84. The van der Waals surface area contributed by atoms with E-state index in [0.717, 1.165) is 47.0 Å². The monoisotopic (exact) mass is 546 g/mol. The predicted octanol–water partition coefficient (Wildman–Crippen LogP) is 4.58. The van der Waals surface area contributed by atoms with Gasteiger partial charge in [-0.25, -0.2) is 15.0 Å². The highest BCUT2D eigenvalue weighted by atomic mass is 16.2. The van der Waals surface area contributed by atoms with Crippen LogP contribution in [0.5, 0.6) is 0 Å². The number of nitriles is 1. The SMILES string of the molecule is Cc1ccnc(NC(=O)c2ccc(-c3c(C)n(C4CCN(C(=O)/C(C#N)=C/C5CC5)C4)c4ncnc(N)c34)cc2)c1. The molecule has 6 rings (SSSR count). The zero-order valence-corrected chi connectivity index (χ0v) is 23.0. The fraction of sp³-hybridized carbons (Fsp3) is 0.290. The third kappa shape index (κ3) is 5.02. The number of fused-ring (bicyclic) bond motifs is 1. The van der Waals surface area contributed by atoms with E-state index in [2.05, 4.69) is 30.9 Å². The van der Waals surface area contributed by atoms with E-state index < -0.39 is 0 Å². The molecule has 0 bridgehead atoms. The van der Waals surface area contributed by atoms with Crippen LogP contribution in [0.25, 0.3) is 22.2 Å². The number of aromatic nitrogens is 4. The number of likely N-dealkylation sites (tertiary alicyclic amines) is 1. The molecule has 41 heavy (non-hydrogen) atoms. The molecule has 4 heterocycles. The fourth-order valence-corrected chi connectivity index (χ4v) is 5.62. The van der Waals surface area contributed by atoms with Crippen molar-refractivity contribution >= 4 is 34.5 Å². The van der Waals surface area contributed by atoms with Gasteiger partial charge in [0.15, 0.2) is 0 Å². The molecule has 0 spiro atoms. The van der Waals surface area contributed by atoms with Crippen LogP contribution in [0.2, 0.25) is 0 Å². The van der Waals surface area contributed by atoms with Crippen LogP contribution >= 0.6 is 0 Å². The van der Waals surface area contributed by atoms with Crippen molar-refractivity contribution in [1.82, 2.24) is 24.4 Å². The Kier molecular flexibility index (Phi) is 6.71. The normalized spacial score (nSPS) is 17.0. The van der Waals surface area contributed by atoms with Gasteiger partial charge in [-0.3, -0.25) is 9.59 Å². The summed E-state index contributed by atoms with van der Waals surface area (Å²) in [5.74, 6) is 0.752. The Hall–Kier alpha value is -5.04. The van der Waals surface area contributed by atoms with Gasteiger partial charge in [-0.15, -0.1) is 0 Å². The molecule has 1 saturated heterocycles. The van der Waals surface area contributed by atoms with Crippen LogP contribution in [-0.2, 0) is 4.79 Å². The Balaban J connectivity index is 1.30. The summed E-state index contributed by atoms with van der Waals surface area (Å²) in [4.78, 5) is 40.8. The van der Waals surface area contributed by atoms with Gasteiger partial charge in [0.05, 0.1) is 11.4 Å². The highest BCUT2D eigenvalue weighted by Crippen LogP contribution is 2.40. The van der Waals surface area contributed by atoms with E-state index in [1.54, 1.807) is 23.2 Å². The number of nitrogens with one attached hydrogen (secondary N) is 1. The number of benzene rings is 1. The molecule has 206 valence electrons. The van der Waals surface area contributed by atoms with E-state index in [4.69, 9.17) is 5.73 Å². The van der Waals surface area contributed by atoms with Gasteiger partial charge < -0.3 is 20.5 Å². The Morgan fingerprint density at radius 2 is 1.88 bits per heavy atom. The molecule has 2 aliphatic rings. The van der Waals surface area contributed by atoms with E-state index in [-0.39, 0.29) is 23.4 Å². The fourth-order valence-electron chi connectivity index (χ4n) is 5.62. The summed E-state index contributed by atoms with van der Waals surface area (Å²) in [6.07, 6.45) is 7.73. The summed E-state index contributed by atoms with van der Waals surface area (Å²) >= 11 is 0. The van der Waals surface area contributed by atoms with Gasteiger partial charge in [0, 0.05) is 36.1 Å². The molecule has 1 unspecified atom stereocenters. The first-order valence-electron chi connectivity index (χ1n) is 13.7. The molecule has 2 amide bonds. The van der Waals surface area contributed by atoms with E-state index in [0.29, 0.717) is 41.9 Å². The van der Waals surface area contributed by atoms with Crippen LogP contribution in [0.3, 0.4) is 0 Å². The summed E-state index contributed by atoms with van der Waals surface area (Å²) in [6, 6.07) is 13.1. The summed E-state index contributed by atoms with van der Waals surface area (Å²) in [6.45, 7) is 4.99. The highest BCUT2D eigenvalue weighted by molar-refractivity contribution is 6.05. The molecule has 10 heteroatoms. The maximum Gasteiger partial charge on any atom is 0.264 e. The molecule has 0 radical (unpaired) electrons. The van der Waals surface area contributed by atoms with Crippen molar-refractivity contribution in [2.75, 3.05) is 24.1 Å². The zero-order valence-electron chi connectivity index (χ0n) is 23.0. The standard InChI is InChI=1S/C31H30N8O2/c1-18-9-11-34-25(13-18)37-30(40)22-7-5-21(6-8-22)26-19(2)39(29-27(26)28(33)35-17-36-29)24-10-12-38(16-24)31(41)23(15-32)14-20-3-4-20/h5-9,11,13-14,17,20,24H,3-4,10,12,16H2,1-2H3,(H2,33,35,36)(H,34,37,40)/b23-14+. The van der Waals surface area contributed by atoms with Crippen molar-refractivity contribution in [2.45, 2.75) is 39.2 Å². The second-order valence-corrected chi connectivity index (χ2v) is 10.8. The summed E-state index contributed by atoms with van der Waals surface area (Å²) < 4.78 is 2.14. The number of pyridine rings is 1. The second-order valence-electron chi connectivity index (χ2n) is 10.8. The summed E-state index contributed by atoms with van der Waals surface area (Å²) in [5, 5.41) is 13.1. The van der Waals surface area contributed by atoms with Crippen LogP contribution in [0, 0.1) is 31.1 Å². The molecule has 2 fully saturated rings. The number of carbonyl (C=O) groups excluding carboxylic acids is 2. The molecule has 10 nitrogen and oxygen atoms in total. The van der Waals surface area contributed by atoms with E-state index in [9.17, 15) is 14.9 Å². The molecule has 4 aromatic rings. The van der Waals surface area contributed by atoms with Gasteiger partial charge >= 0.3 is 0 Å². The maximum atomic E-state index is 13.1. The number of allylic oxidation sites excluding steroid dienone is 1. The predicted molar refractivity (Wildman–Crippen MR) is 156 cm³/mol. The number of aryl methyl sites for hydroxylation is 1. The van der Waals surface area contributed by atoms with Crippen LogP contribution in [0.4, 0.5) is 11.6 Å². The number of carbonyl (C=O) groups is 2. The lowest BCUT2D eigenvalue weighted by Crippen LogP contribution is -2.30. The molecule has 3 N–H and O–H groups in total. The van der Waals surface area contributed by atoms with E-state index in [1.807, 2.05) is 44.2 Å².